The van der Waals surface area contributed by atoms with Crippen LogP contribution in [0.25, 0.3) is 0 Å². The van der Waals surface area contributed by atoms with Gasteiger partial charge in [0.15, 0.2) is 0 Å². The second kappa shape index (κ2) is 8.28. The van der Waals surface area contributed by atoms with E-state index >= 15 is 0 Å². The highest BCUT2D eigenvalue weighted by Crippen LogP contribution is 2.29. The van der Waals surface area contributed by atoms with Crippen molar-refractivity contribution in [3.8, 4) is 0 Å². The zero-order valence-corrected chi connectivity index (χ0v) is 13.2. The van der Waals surface area contributed by atoms with Crippen LogP contribution >= 0.6 is 0 Å². The summed E-state index contributed by atoms with van der Waals surface area (Å²) in [5.74, 6) is -1.39. The standard InChI is InChI=1S/C16H14F4N4O2/c17-13-3-1-2-12(24-13)14(25)21-8-9-22-15(26)23-11-6-4-10(5-7-11)16(18,19)20/h1-7H,8-9H2,(H,21,25)(H2,22,23,26). The van der Waals surface area contributed by atoms with E-state index in [4.69, 9.17) is 0 Å². The van der Waals surface area contributed by atoms with Gasteiger partial charge in [0.25, 0.3) is 5.91 Å². The van der Waals surface area contributed by atoms with E-state index in [-0.39, 0.29) is 24.5 Å². The first-order chi connectivity index (χ1) is 12.3. The Morgan fingerprint density at radius 3 is 2.23 bits per heavy atom. The Morgan fingerprint density at radius 1 is 0.962 bits per heavy atom. The minimum Gasteiger partial charge on any atom is -0.349 e. The number of halogens is 4. The van der Waals surface area contributed by atoms with Crippen molar-refractivity contribution < 1.29 is 27.2 Å². The smallest absolute Gasteiger partial charge is 0.349 e. The predicted molar refractivity (Wildman–Crippen MR) is 85.0 cm³/mol. The normalized spacial score (nSPS) is 10.9. The van der Waals surface area contributed by atoms with E-state index in [1.807, 2.05) is 0 Å². The van der Waals surface area contributed by atoms with Crippen LogP contribution in [0, 0.1) is 5.95 Å². The van der Waals surface area contributed by atoms with Gasteiger partial charge in [-0.2, -0.15) is 17.6 Å². The zero-order valence-electron chi connectivity index (χ0n) is 13.2. The second-order valence-electron chi connectivity index (χ2n) is 5.06. The van der Waals surface area contributed by atoms with Gasteiger partial charge in [-0.25, -0.2) is 9.78 Å². The Bertz CT molecular complexity index is 779. The molecule has 0 aliphatic rings. The average Bonchev–Trinajstić information content (AvgIpc) is 2.58. The van der Waals surface area contributed by atoms with Gasteiger partial charge in [-0.1, -0.05) is 6.07 Å². The summed E-state index contributed by atoms with van der Waals surface area (Å²) < 4.78 is 50.2. The number of nitrogens with one attached hydrogen (secondary N) is 3. The summed E-state index contributed by atoms with van der Waals surface area (Å²) >= 11 is 0. The van der Waals surface area contributed by atoms with Gasteiger partial charge in [0.1, 0.15) is 5.69 Å². The van der Waals surface area contributed by atoms with Crippen LogP contribution in [0.15, 0.2) is 42.5 Å². The zero-order chi connectivity index (χ0) is 19.2. The molecule has 0 bridgehead atoms. The van der Waals surface area contributed by atoms with E-state index in [2.05, 4.69) is 20.9 Å². The molecule has 0 saturated carbocycles. The molecule has 0 saturated heterocycles. The monoisotopic (exact) mass is 370 g/mol. The van der Waals surface area contributed by atoms with Crippen LogP contribution in [0.5, 0.6) is 0 Å². The van der Waals surface area contributed by atoms with Crippen LogP contribution in [0.4, 0.5) is 28.0 Å². The molecular formula is C16H14F4N4O2. The molecule has 3 N–H and O–H groups in total. The Hall–Kier alpha value is -3.17. The maximum absolute atomic E-state index is 12.9. The van der Waals surface area contributed by atoms with Gasteiger partial charge in [-0.3, -0.25) is 4.79 Å². The number of benzene rings is 1. The van der Waals surface area contributed by atoms with Gasteiger partial charge in [-0.05, 0) is 36.4 Å². The minimum atomic E-state index is -4.45. The van der Waals surface area contributed by atoms with Crippen molar-refractivity contribution in [2.75, 3.05) is 18.4 Å². The molecule has 0 unspecified atom stereocenters. The molecule has 2 rings (SSSR count). The van der Waals surface area contributed by atoms with E-state index in [9.17, 15) is 27.2 Å². The van der Waals surface area contributed by atoms with Crippen LogP contribution < -0.4 is 16.0 Å². The molecule has 0 fully saturated rings. The molecule has 2 aromatic rings. The third-order valence-electron chi connectivity index (χ3n) is 3.11. The third-order valence-corrected chi connectivity index (χ3v) is 3.11. The number of carbonyl (C=O) groups excluding carboxylic acids is 2. The largest absolute Gasteiger partial charge is 0.416 e. The molecule has 138 valence electrons. The van der Waals surface area contributed by atoms with Crippen molar-refractivity contribution in [3.05, 3.63) is 59.7 Å². The Balaban J connectivity index is 1.73. The van der Waals surface area contributed by atoms with E-state index in [1.165, 1.54) is 12.1 Å². The summed E-state index contributed by atoms with van der Waals surface area (Å²) in [4.78, 5) is 26.7. The number of urea groups is 1. The molecule has 0 aliphatic carbocycles. The quantitative estimate of drug-likeness (QED) is 0.430. The second-order valence-corrected chi connectivity index (χ2v) is 5.06. The Morgan fingerprint density at radius 2 is 1.62 bits per heavy atom. The first-order valence-corrected chi connectivity index (χ1v) is 7.38. The number of aromatic nitrogens is 1. The van der Waals surface area contributed by atoms with Gasteiger partial charge in [-0.15, -0.1) is 0 Å². The molecule has 1 aromatic carbocycles. The average molecular weight is 370 g/mol. The molecule has 6 nitrogen and oxygen atoms in total. The molecule has 10 heteroatoms. The van der Waals surface area contributed by atoms with Crippen molar-refractivity contribution in [1.29, 1.82) is 0 Å². The van der Waals surface area contributed by atoms with Gasteiger partial charge in [0.05, 0.1) is 5.56 Å². The maximum Gasteiger partial charge on any atom is 0.416 e. The summed E-state index contributed by atoms with van der Waals surface area (Å²) in [5, 5.41) is 7.20. The number of pyridine rings is 1. The molecule has 0 atom stereocenters. The molecule has 3 amide bonds. The van der Waals surface area contributed by atoms with Gasteiger partial charge >= 0.3 is 12.2 Å². The third kappa shape index (κ3) is 5.72. The molecule has 0 spiro atoms. The highest BCUT2D eigenvalue weighted by Gasteiger charge is 2.29. The fraction of sp³-hybridized carbons (Fsp3) is 0.188. The van der Waals surface area contributed by atoms with Gasteiger partial charge in [0.2, 0.25) is 5.95 Å². The molecular weight excluding hydrogens is 356 g/mol. The summed E-state index contributed by atoms with van der Waals surface area (Å²) in [5.41, 5.74) is -0.736. The Kier molecular flexibility index (Phi) is 6.10. The first-order valence-electron chi connectivity index (χ1n) is 7.38. The van der Waals surface area contributed by atoms with E-state index < -0.39 is 29.6 Å². The number of anilines is 1. The van der Waals surface area contributed by atoms with Crippen molar-refractivity contribution in [1.82, 2.24) is 15.6 Å². The number of carbonyl (C=O) groups is 2. The SMILES string of the molecule is O=C(NCCNC(=O)c1cccc(F)n1)Nc1ccc(C(F)(F)F)cc1. The van der Waals surface area contributed by atoms with E-state index in [0.29, 0.717) is 0 Å². The van der Waals surface area contributed by atoms with Crippen LogP contribution in [0.3, 0.4) is 0 Å². The lowest BCUT2D eigenvalue weighted by atomic mass is 10.2. The number of hydrogen-bond acceptors (Lipinski definition) is 3. The number of amides is 3. The number of nitrogens with zero attached hydrogens (tertiary/aromatic N) is 1. The molecule has 0 radical (unpaired) electrons. The number of alkyl halides is 3. The highest BCUT2D eigenvalue weighted by molar-refractivity contribution is 5.92. The molecule has 0 aliphatic heterocycles. The first kappa shape index (κ1) is 19.2. The topological polar surface area (TPSA) is 83.1 Å². The fourth-order valence-electron chi connectivity index (χ4n) is 1.90. The lowest BCUT2D eigenvalue weighted by molar-refractivity contribution is -0.137. The summed E-state index contributed by atoms with van der Waals surface area (Å²) in [6.07, 6.45) is -4.45. The molecule has 1 heterocycles. The van der Waals surface area contributed by atoms with E-state index in [0.717, 1.165) is 30.3 Å². The van der Waals surface area contributed by atoms with Crippen LogP contribution in [0.2, 0.25) is 0 Å². The summed E-state index contributed by atoms with van der Waals surface area (Å²) in [7, 11) is 0. The predicted octanol–water partition coefficient (Wildman–Crippen LogP) is 2.79. The van der Waals surface area contributed by atoms with Gasteiger partial charge in [0, 0.05) is 18.8 Å². The lowest BCUT2D eigenvalue weighted by Gasteiger charge is -2.10. The van der Waals surface area contributed by atoms with E-state index in [1.54, 1.807) is 0 Å². The minimum absolute atomic E-state index is 0.0491. The highest BCUT2D eigenvalue weighted by atomic mass is 19.4. The summed E-state index contributed by atoms with van der Waals surface area (Å²) in [6.45, 7) is 0.102. The van der Waals surface area contributed by atoms with Crippen molar-refractivity contribution >= 4 is 17.6 Å². The van der Waals surface area contributed by atoms with Crippen LogP contribution in [-0.2, 0) is 6.18 Å². The summed E-state index contributed by atoms with van der Waals surface area (Å²) in [6, 6.07) is 7.08. The lowest BCUT2D eigenvalue weighted by Crippen LogP contribution is -2.37. The fourth-order valence-corrected chi connectivity index (χ4v) is 1.90. The molecule has 1 aromatic heterocycles. The number of hydrogen-bond donors (Lipinski definition) is 3. The molecule has 26 heavy (non-hydrogen) atoms. The maximum atomic E-state index is 12.9. The van der Waals surface area contributed by atoms with Crippen molar-refractivity contribution in [3.63, 3.8) is 0 Å². The van der Waals surface area contributed by atoms with Crippen LogP contribution in [0.1, 0.15) is 16.1 Å². The van der Waals surface area contributed by atoms with Crippen LogP contribution in [-0.4, -0.2) is 30.0 Å². The van der Waals surface area contributed by atoms with Crippen molar-refractivity contribution in [2.45, 2.75) is 6.18 Å². The van der Waals surface area contributed by atoms with Gasteiger partial charge < -0.3 is 16.0 Å². The Labute approximate surface area is 145 Å². The number of rotatable bonds is 5. The van der Waals surface area contributed by atoms with Crippen molar-refractivity contribution in [2.24, 2.45) is 0 Å².